The van der Waals surface area contributed by atoms with Crippen LogP contribution in [0.15, 0.2) is 4.99 Å². The highest BCUT2D eigenvalue weighted by atomic mass is 32.1. The summed E-state index contributed by atoms with van der Waals surface area (Å²) in [4.78, 5) is 4.48. The molecule has 0 saturated carbocycles. The van der Waals surface area contributed by atoms with Crippen molar-refractivity contribution in [1.29, 1.82) is 0 Å². The molecule has 0 aromatic heterocycles. The van der Waals surface area contributed by atoms with Crippen molar-refractivity contribution >= 4 is 18.8 Å². The van der Waals surface area contributed by atoms with Crippen LogP contribution in [0.2, 0.25) is 0 Å². The van der Waals surface area contributed by atoms with E-state index >= 15 is 0 Å². The Hall–Kier alpha value is -0.0600. The molecule has 0 unspecified atom stereocenters. The summed E-state index contributed by atoms with van der Waals surface area (Å²) >= 11 is 4.47. The Balaban J connectivity index is 3.61. The summed E-state index contributed by atoms with van der Waals surface area (Å²) in [6, 6.07) is 0. The van der Waals surface area contributed by atoms with Gasteiger partial charge in [0.05, 0.1) is 24.9 Å². The molecule has 0 atom stereocenters. The number of hydrogen-bond acceptors (Lipinski definition) is 4. The van der Waals surface area contributed by atoms with Crippen LogP contribution in [-0.4, -0.2) is 42.4 Å². The molecule has 0 fully saturated rings. The zero-order chi connectivity index (χ0) is 16.4. The number of ether oxygens (including phenoxy) is 2. The van der Waals surface area contributed by atoms with Crippen molar-refractivity contribution in [3.63, 3.8) is 0 Å². The largest absolute Gasteiger partial charge is 0.379 e. The van der Waals surface area contributed by atoms with Gasteiger partial charge in [-0.15, -0.1) is 0 Å². The summed E-state index contributed by atoms with van der Waals surface area (Å²) in [6.45, 7) is 14.6. The molecule has 0 amide bonds. The first-order chi connectivity index (χ1) is 9.62. The van der Waals surface area contributed by atoms with Crippen molar-refractivity contribution in [2.24, 2.45) is 4.99 Å². The SMILES string of the molecule is CC(C)OCCCCC/C=N/CC(C)(C)OCC(C)(C)S. The quantitative estimate of drug-likeness (QED) is 0.325. The molecule has 0 aliphatic rings. The van der Waals surface area contributed by atoms with Gasteiger partial charge < -0.3 is 9.47 Å². The van der Waals surface area contributed by atoms with Crippen molar-refractivity contribution in [2.45, 2.75) is 83.7 Å². The lowest BCUT2D eigenvalue weighted by atomic mass is 10.1. The summed E-state index contributed by atoms with van der Waals surface area (Å²) in [5.41, 5.74) is -0.221. The van der Waals surface area contributed by atoms with Gasteiger partial charge in [-0.25, -0.2) is 0 Å². The van der Waals surface area contributed by atoms with Crippen LogP contribution in [0.3, 0.4) is 0 Å². The molecule has 0 heterocycles. The lowest BCUT2D eigenvalue weighted by Crippen LogP contribution is -2.33. The second-order valence-electron chi connectivity index (χ2n) is 7.15. The fraction of sp³-hybridized carbons (Fsp3) is 0.941. The Kier molecular flexibility index (Phi) is 10.6. The van der Waals surface area contributed by atoms with Crippen molar-refractivity contribution in [3.8, 4) is 0 Å². The third kappa shape index (κ3) is 16.1. The van der Waals surface area contributed by atoms with Gasteiger partial charge in [0.25, 0.3) is 0 Å². The lowest BCUT2D eigenvalue weighted by Gasteiger charge is -2.28. The van der Waals surface area contributed by atoms with Crippen LogP contribution in [0.25, 0.3) is 0 Å². The van der Waals surface area contributed by atoms with Gasteiger partial charge in [0.1, 0.15) is 0 Å². The molecule has 0 aliphatic carbocycles. The normalized spacial score (nSPS) is 13.5. The minimum atomic E-state index is -0.221. The smallest absolute Gasteiger partial charge is 0.0821 e. The lowest BCUT2D eigenvalue weighted by molar-refractivity contribution is -0.0174. The second kappa shape index (κ2) is 10.6. The van der Waals surface area contributed by atoms with Gasteiger partial charge in [-0.1, -0.05) is 6.42 Å². The summed E-state index contributed by atoms with van der Waals surface area (Å²) in [6.07, 6.45) is 6.92. The number of aliphatic imine (C=N–C) groups is 1. The molecule has 0 N–H and O–H groups in total. The summed E-state index contributed by atoms with van der Waals surface area (Å²) < 4.78 is 11.3. The Morgan fingerprint density at radius 2 is 1.76 bits per heavy atom. The van der Waals surface area contributed by atoms with Crippen LogP contribution in [0.1, 0.15) is 67.2 Å². The Bertz CT molecular complexity index is 283. The molecule has 0 aliphatic heterocycles. The van der Waals surface area contributed by atoms with E-state index in [1.165, 1.54) is 12.8 Å². The molecule has 4 heteroatoms. The highest BCUT2D eigenvalue weighted by molar-refractivity contribution is 7.81. The summed E-state index contributed by atoms with van der Waals surface area (Å²) in [5, 5.41) is 0. The predicted molar refractivity (Wildman–Crippen MR) is 96.0 cm³/mol. The highest BCUT2D eigenvalue weighted by Crippen LogP contribution is 2.17. The minimum absolute atomic E-state index is 0.0982. The molecular weight excluding hydrogens is 282 g/mol. The first-order valence-corrected chi connectivity index (χ1v) is 8.53. The molecule has 0 rings (SSSR count). The predicted octanol–water partition coefficient (Wildman–Crippen LogP) is 4.55. The van der Waals surface area contributed by atoms with Crippen molar-refractivity contribution in [1.82, 2.24) is 0 Å². The fourth-order valence-corrected chi connectivity index (χ4v) is 1.69. The highest BCUT2D eigenvalue weighted by Gasteiger charge is 2.21. The van der Waals surface area contributed by atoms with Crippen LogP contribution in [0.4, 0.5) is 0 Å². The Morgan fingerprint density at radius 3 is 2.33 bits per heavy atom. The number of nitrogens with zero attached hydrogens (tertiary/aromatic N) is 1. The molecule has 0 aromatic carbocycles. The topological polar surface area (TPSA) is 30.8 Å². The number of thiol groups is 1. The first-order valence-electron chi connectivity index (χ1n) is 8.09. The van der Waals surface area contributed by atoms with Crippen LogP contribution in [0, 0.1) is 0 Å². The van der Waals surface area contributed by atoms with Crippen molar-refractivity contribution < 1.29 is 9.47 Å². The van der Waals surface area contributed by atoms with Gasteiger partial charge >= 0.3 is 0 Å². The van der Waals surface area contributed by atoms with Gasteiger partial charge in [-0.2, -0.15) is 12.6 Å². The molecule has 0 bridgehead atoms. The zero-order valence-corrected chi connectivity index (χ0v) is 15.7. The maximum Gasteiger partial charge on any atom is 0.0821 e. The average molecular weight is 318 g/mol. The van der Waals surface area contributed by atoms with E-state index in [9.17, 15) is 0 Å². The van der Waals surface area contributed by atoms with E-state index in [0.29, 0.717) is 19.3 Å². The molecule has 0 saturated heterocycles. The van der Waals surface area contributed by atoms with Crippen LogP contribution >= 0.6 is 12.6 Å². The second-order valence-corrected chi connectivity index (χ2v) is 8.36. The van der Waals surface area contributed by atoms with Gasteiger partial charge in [-0.3, -0.25) is 4.99 Å². The van der Waals surface area contributed by atoms with Crippen molar-refractivity contribution in [2.75, 3.05) is 19.8 Å². The van der Waals surface area contributed by atoms with E-state index in [1.54, 1.807) is 0 Å². The third-order valence-corrected chi connectivity index (χ3v) is 2.98. The van der Waals surface area contributed by atoms with Crippen LogP contribution in [-0.2, 0) is 9.47 Å². The maximum absolute atomic E-state index is 5.87. The maximum atomic E-state index is 5.87. The van der Waals surface area contributed by atoms with E-state index in [2.05, 4.69) is 59.2 Å². The average Bonchev–Trinajstić information content (AvgIpc) is 2.33. The Morgan fingerprint density at radius 1 is 1.10 bits per heavy atom. The van der Waals surface area contributed by atoms with Gasteiger partial charge in [-0.05, 0) is 67.0 Å². The third-order valence-electron chi connectivity index (χ3n) is 2.85. The van der Waals surface area contributed by atoms with Gasteiger partial charge in [0.15, 0.2) is 0 Å². The number of unbranched alkanes of at least 4 members (excludes halogenated alkanes) is 3. The molecule has 21 heavy (non-hydrogen) atoms. The van der Waals surface area contributed by atoms with Crippen LogP contribution < -0.4 is 0 Å². The Labute approximate surface area is 137 Å². The van der Waals surface area contributed by atoms with Crippen molar-refractivity contribution in [3.05, 3.63) is 0 Å². The van der Waals surface area contributed by atoms with Crippen LogP contribution in [0.5, 0.6) is 0 Å². The van der Waals surface area contributed by atoms with E-state index in [1.807, 2.05) is 6.21 Å². The monoisotopic (exact) mass is 317 g/mol. The molecule has 0 radical (unpaired) electrons. The standard InChI is InChI=1S/C17H35NO2S/c1-15(2)19-12-10-8-7-9-11-18-13-16(3,4)20-14-17(5,6)21/h11,15,21H,7-10,12-14H2,1-6H3/b18-11+. The zero-order valence-electron chi connectivity index (χ0n) is 14.8. The minimum Gasteiger partial charge on any atom is -0.379 e. The molecule has 3 nitrogen and oxygen atoms in total. The molecule has 0 spiro atoms. The van der Waals surface area contributed by atoms with E-state index in [-0.39, 0.29) is 10.3 Å². The van der Waals surface area contributed by atoms with Gasteiger partial charge in [0, 0.05) is 11.4 Å². The summed E-state index contributed by atoms with van der Waals surface area (Å²) in [5.74, 6) is 0. The first kappa shape index (κ1) is 20.9. The summed E-state index contributed by atoms with van der Waals surface area (Å²) in [7, 11) is 0. The van der Waals surface area contributed by atoms with Gasteiger partial charge in [0.2, 0.25) is 0 Å². The number of rotatable bonds is 12. The molecular formula is C17H35NO2S. The number of hydrogen-bond donors (Lipinski definition) is 1. The molecule has 0 aromatic rings. The van der Waals surface area contributed by atoms with E-state index in [4.69, 9.17) is 9.47 Å². The molecule has 126 valence electrons. The van der Waals surface area contributed by atoms with E-state index in [0.717, 1.165) is 19.4 Å². The van der Waals surface area contributed by atoms with E-state index < -0.39 is 0 Å². The fourth-order valence-electron chi connectivity index (χ4n) is 1.63.